The zero-order valence-electron chi connectivity index (χ0n) is 7.49. The summed E-state index contributed by atoms with van der Waals surface area (Å²) in [5.41, 5.74) is 0. The normalized spacial score (nSPS) is 23.3. The van der Waals surface area contributed by atoms with E-state index in [4.69, 9.17) is 4.74 Å². The fraction of sp³-hybridized carbons (Fsp3) is 0.875. The smallest absolute Gasteiger partial charge is 0.410 e. The Bertz CT molecular complexity index is 172. The number of hydrogen-bond acceptors (Lipinski definition) is 3. The maximum atomic E-state index is 11.3. The monoisotopic (exact) mass is 189 g/mol. The van der Waals surface area contributed by atoms with Gasteiger partial charge >= 0.3 is 6.09 Å². The predicted molar refractivity (Wildman–Crippen MR) is 50.6 cm³/mol. The van der Waals surface area contributed by atoms with E-state index in [1.54, 1.807) is 4.90 Å². The molecule has 0 aliphatic carbocycles. The van der Waals surface area contributed by atoms with Gasteiger partial charge in [-0.25, -0.2) is 4.79 Å². The first-order chi connectivity index (χ1) is 5.59. The maximum absolute atomic E-state index is 11.3. The van der Waals surface area contributed by atoms with Crippen molar-refractivity contribution in [2.75, 3.05) is 13.1 Å². The van der Waals surface area contributed by atoms with Crippen molar-refractivity contribution in [3.8, 4) is 0 Å². The van der Waals surface area contributed by atoms with Crippen LogP contribution >= 0.6 is 12.6 Å². The van der Waals surface area contributed by atoms with Gasteiger partial charge in [-0.2, -0.15) is 12.6 Å². The van der Waals surface area contributed by atoms with E-state index >= 15 is 0 Å². The van der Waals surface area contributed by atoms with Gasteiger partial charge in [0.05, 0.1) is 6.10 Å². The Morgan fingerprint density at radius 1 is 1.67 bits per heavy atom. The average Bonchev–Trinajstić information content (AvgIpc) is 2.34. The Kier molecular flexibility index (Phi) is 3.26. The molecule has 70 valence electrons. The van der Waals surface area contributed by atoms with E-state index in [1.807, 2.05) is 13.8 Å². The molecular formula is C8H15NO2S. The third-order valence-corrected chi connectivity index (χ3v) is 2.18. The molecule has 1 aliphatic rings. The molecule has 1 rings (SSSR count). The number of carbonyl (C=O) groups excluding carboxylic acids is 1. The summed E-state index contributed by atoms with van der Waals surface area (Å²) in [6.07, 6.45) is 0.731. The van der Waals surface area contributed by atoms with Gasteiger partial charge in [0, 0.05) is 18.3 Å². The Balaban J connectivity index is 2.33. The molecule has 4 heteroatoms. The number of ether oxygens (including phenoxy) is 1. The van der Waals surface area contributed by atoms with Crippen molar-refractivity contribution in [3.05, 3.63) is 0 Å². The van der Waals surface area contributed by atoms with E-state index in [1.165, 1.54) is 0 Å². The van der Waals surface area contributed by atoms with Crippen molar-refractivity contribution >= 4 is 18.7 Å². The van der Waals surface area contributed by atoms with E-state index in [-0.39, 0.29) is 12.2 Å². The van der Waals surface area contributed by atoms with E-state index < -0.39 is 0 Å². The summed E-state index contributed by atoms with van der Waals surface area (Å²) in [5, 5.41) is 0.324. The zero-order valence-corrected chi connectivity index (χ0v) is 8.38. The summed E-state index contributed by atoms with van der Waals surface area (Å²) in [5.74, 6) is 0. The zero-order chi connectivity index (χ0) is 9.14. The Hall–Kier alpha value is -0.380. The van der Waals surface area contributed by atoms with Crippen LogP contribution in [0.5, 0.6) is 0 Å². The topological polar surface area (TPSA) is 29.5 Å². The van der Waals surface area contributed by atoms with Crippen molar-refractivity contribution < 1.29 is 9.53 Å². The van der Waals surface area contributed by atoms with Gasteiger partial charge in [0.25, 0.3) is 0 Å². The molecule has 1 unspecified atom stereocenters. The number of hydrogen-bond donors (Lipinski definition) is 1. The summed E-state index contributed by atoms with van der Waals surface area (Å²) >= 11 is 4.29. The Labute approximate surface area is 78.5 Å². The molecule has 1 amide bonds. The second-order valence-corrected chi connectivity index (χ2v) is 4.05. The number of nitrogens with zero attached hydrogens (tertiary/aromatic N) is 1. The summed E-state index contributed by atoms with van der Waals surface area (Å²) in [6.45, 7) is 5.20. The van der Waals surface area contributed by atoms with E-state index in [0.29, 0.717) is 11.8 Å². The lowest BCUT2D eigenvalue weighted by Crippen LogP contribution is -2.31. The van der Waals surface area contributed by atoms with Gasteiger partial charge in [-0.15, -0.1) is 0 Å². The van der Waals surface area contributed by atoms with Crippen LogP contribution in [0, 0.1) is 0 Å². The lowest BCUT2D eigenvalue weighted by atomic mass is 10.4. The number of thiol groups is 1. The maximum Gasteiger partial charge on any atom is 0.410 e. The van der Waals surface area contributed by atoms with Gasteiger partial charge in [0.1, 0.15) is 0 Å². The van der Waals surface area contributed by atoms with Crippen LogP contribution in [0.2, 0.25) is 0 Å². The number of likely N-dealkylation sites (tertiary alicyclic amines) is 1. The van der Waals surface area contributed by atoms with Gasteiger partial charge in [-0.1, -0.05) is 0 Å². The number of carbonyl (C=O) groups is 1. The SMILES string of the molecule is CC(C)OC(=O)N1CCC(S)C1. The van der Waals surface area contributed by atoms with E-state index in [2.05, 4.69) is 12.6 Å². The standard InChI is InChI=1S/C8H15NO2S/c1-6(2)11-8(10)9-4-3-7(12)5-9/h6-7,12H,3-5H2,1-2H3. The average molecular weight is 189 g/mol. The third-order valence-electron chi connectivity index (χ3n) is 1.76. The molecule has 0 aromatic rings. The highest BCUT2D eigenvalue weighted by atomic mass is 32.1. The molecule has 1 fully saturated rings. The van der Waals surface area contributed by atoms with Crippen LogP contribution in [-0.2, 0) is 4.74 Å². The van der Waals surface area contributed by atoms with Crippen molar-refractivity contribution in [3.63, 3.8) is 0 Å². The molecule has 0 radical (unpaired) electrons. The van der Waals surface area contributed by atoms with Crippen LogP contribution in [0.15, 0.2) is 0 Å². The molecule has 1 saturated heterocycles. The van der Waals surface area contributed by atoms with Gasteiger partial charge in [0.2, 0.25) is 0 Å². The van der Waals surface area contributed by atoms with Crippen molar-refractivity contribution in [1.29, 1.82) is 0 Å². The molecule has 0 bridgehead atoms. The van der Waals surface area contributed by atoms with Gasteiger partial charge in [-0.3, -0.25) is 0 Å². The van der Waals surface area contributed by atoms with Crippen LogP contribution in [0.4, 0.5) is 4.79 Å². The highest BCUT2D eigenvalue weighted by Gasteiger charge is 2.25. The molecule has 0 aromatic heterocycles. The van der Waals surface area contributed by atoms with Crippen molar-refractivity contribution in [2.24, 2.45) is 0 Å². The summed E-state index contributed by atoms with van der Waals surface area (Å²) in [4.78, 5) is 13.0. The fourth-order valence-corrected chi connectivity index (χ4v) is 1.50. The lowest BCUT2D eigenvalue weighted by Gasteiger charge is -2.17. The molecule has 0 N–H and O–H groups in total. The molecule has 1 heterocycles. The molecule has 1 aliphatic heterocycles. The highest BCUT2D eigenvalue weighted by molar-refractivity contribution is 7.81. The first-order valence-corrected chi connectivity index (χ1v) is 4.75. The van der Waals surface area contributed by atoms with E-state index in [0.717, 1.165) is 13.0 Å². The van der Waals surface area contributed by atoms with Gasteiger partial charge < -0.3 is 9.64 Å². The second-order valence-electron chi connectivity index (χ2n) is 3.32. The molecule has 12 heavy (non-hydrogen) atoms. The highest BCUT2D eigenvalue weighted by Crippen LogP contribution is 2.15. The largest absolute Gasteiger partial charge is 0.447 e. The van der Waals surface area contributed by atoms with Gasteiger partial charge in [0.15, 0.2) is 0 Å². The molecule has 0 saturated carbocycles. The summed E-state index contributed by atoms with van der Waals surface area (Å²) in [7, 11) is 0. The van der Waals surface area contributed by atoms with Crippen LogP contribution in [0.1, 0.15) is 20.3 Å². The van der Waals surface area contributed by atoms with Crippen LogP contribution in [0.3, 0.4) is 0 Å². The Morgan fingerprint density at radius 3 is 2.75 bits per heavy atom. The van der Waals surface area contributed by atoms with Crippen molar-refractivity contribution in [2.45, 2.75) is 31.6 Å². The minimum Gasteiger partial charge on any atom is -0.447 e. The third kappa shape index (κ3) is 2.59. The molecular weight excluding hydrogens is 174 g/mol. The molecule has 0 spiro atoms. The molecule has 0 aromatic carbocycles. The first-order valence-electron chi connectivity index (χ1n) is 4.23. The Morgan fingerprint density at radius 2 is 2.33 bits per heavy atom. The number of amides is 1. The first kappa shape index (κ1) is 9.71. The van der Waals surface area contributed by atoms with Gasteiger partial charge in [-0.05, 0) is 20.3 Å². The molecule has 1 atom stereocenters. The fourth-order valence-electron chi connectivity index (χ4n) is 1.18. The van der Waals surface area contributed by atoms with Crippen LogP contribution in [0.25, 0.3) is 0 Å². The second kappa shape index (κ2) is 4.03. The van der Waals surface area contributed by atoms with Crippen LogP contribution < -0.4 is 0 Å². The minimum atomic E-state index is -0.207. The van der Waals surface area contributed by atoms with Crippen LogP contribution in [-0.4, -0.2) is 35.4 Å². The van der Waals surface area contributed by atoms with E-state index in [9.17, 15) is 4.79 Å². The lowest BCUT2D eigenvalue weighted by molar-refractivity contribution is 0.0838. The van der Waals surface area contributed by atoms with Crippen molar-refractivity contribution in [1.82, 2.24) is 4.90 Å². The number of rotatable bonds is 1. The minimum absolute atomic E-state index is 0.0310. The molecule has 3 nitrogen and oxygen atoms in total. The predicted octanol–water partition coefficient (Wildman–Crippen LogP) is 1.54. The quantitative estimate of drug-likeness (QED) is 0.634. The summed E-state index contributed by atoms with van der Waals surface area (Å²) in [6, 6.07) is 0. The summed E-state index contributed by atoms with van der Waals surface area (Å²) < 4.78 is 5.04.